The number of aryl methyl sites for hydroxylation is 1. The number of carboxylic acids is 1. The quantitative estimate of drug-likeness (QED) is 0.782. The molecule has 0 aromatic heterocycles. The number of nitrogens with one attached hydrogen (secondary N) is 1. The zero-order chi connectivity index (χ0) is 14.5. The number of hydrogen-bond donors (Lipinski definition) is 2. The number of hydrogen-bond acceptors (Lipinski definition) is 2. The molecule has 1 unspecified atom stereocenters. The van der Waals surface area contributed by atoms with Gasteiger partial charge in [-0.15, -0.1) is 0 Å². The topological polar surface area (TPSA) is 66.4 Å². The Bertz CT molecular complexity index is 515. The van der Waals surface area contributed by atoms with Crippen molar-refractivity contribution in [3.63, 3.8) is 0 Å². The number of carbonyl (C=O) groups excluding carboxylic acids is 1. The zero-order valence-electron chi connectivity index (χ0n) is 11.5. The molecule has 0 radical (unpaired) electrons. The van der Waals surface area contributed by atoms with Crippen molar-refractivity contribution in [1.29, 1.82) is 0 Å². The third-order valence-corrected chi connectivity index (χ3v) is 3.42. The predicted molar refractivity (Wildman–Crippen MR) is 77.1 cm³/mol. The fourth-order valence-electron chi connectivity index (χ4n) is 2.10. The molecule has 1 aromatic rings. The molecule has 4 heteroatoms. The van der Waals surface area contributed by atoms with Crippen LogP contribution in [-0.2, 0) is 9.59 Å². The molecule has 1 amide bonds. The van der Waals surface area contributed by atoms with E-state index in [4.69, 9.17) is 5.11 Å². The van der Waals surface area contributed by atoms with E-state index >= 15 is 0 Å². The van der Waals surface area contributed by atoms with Gasteiger partial charge in [-0.25, -0.2) is 0 Å². The van der Waals surface area contributed by atoms with Crippen LogP contribution in [0.4, 0.5) is 0 Å². The Balaban J connectivity index is 1.90. The van der Waals surface area contributed by atoms with Gasteiger partial charge in [0.15, 0.2) is 0 Å². The van der Waals surface area contributed by atoms with Gasteiger partial charge >= 0.3 is 5.97 Å². The molecule has 1 atom stereocenters. The smallest absolute Gasteiger partial charge is 0.305 e. The van der Waals surface area contributed by atoms with Crippen LogP contribution < -0.4 is 5.32 Å². The van der Waals surface area contributed by atoms with E-state index in [1.165, 1.54) is 11.6 Å². The maximum Gasteiger partial charge on any atom is 0.305 e. The van der Waals surface area contributed by atoms with Crippen LogP contribution in [0.3, 0.4) is 0 Å². The molecule has 1 aromatic carbocycles. The van der Waals surface area contributed by atoms with Crippen LogP contribution >= 0.6 is 0 Å². The molecule has 0 aliphatic heterocycles. The van der Waals surface area contributed by atoms with Crippen molar-refractivity contribution >= 4 is 18.0 Å². The van der Waals surface area contributed by atoms with Crippen molar-refractivity contribution in [2.75, 3.05) is 0 Å². The normalized spacial score (nSPS) is 16.1. The second-order valence-corrected chi connectivity index (χ2v) is 5.29. The van der Waals surface area contributed by atoms with E-state index in [1.54, 1.807) is 6.08 Å². The van der Waals surface area contributed by atoms with E-state index in [-0.39, 0.29) is 18.4 Å². The highest BCUT2D eigenvalue weighted by Gasteiger charge is 2.33. The molecule has 4 nitrogen and oxygen atoms in total. The molecular formula is C16H19NO3. The van der Waals surface area contributed by atoms with Crippen LogP contribution in [0.25, 0.3) is 6.08 Å². The second-order valence-electron chi connectivity index (χ2n) is 5.29. The van der Waals surface area contributed by atoms with Gasteiger partial charge in [-0.3, -0.25) is 9.59 Å². The molecule has 0 saturated heterocycles. The van der Waals surface area contributed by atoms with Crippen molar-refractivity contribution in [3.05, 3.63) is 41.5 Å². The summed E-state index contributed by atoms with van der Waals surface area (Å²) in [6, 6.07) is 7.59. The highest BCUT2D eigenvalue weighted by Crippen LogP contribution is 2.34. The third-order valence-electron chi connectivity index (χ3n) is 3.42. The van der Waals surface area contributed by atoms with Crippen molar-refractivity contribution in [2.24, 2.45) is 5.92 Å². The summed E-state index contributed by atoms with van der Waals surface area (Å²) in [7, 11) is 0. The van der Waals surface area contributed by atoms with E-state index < -0.39 is 5.97 Å². The number of carbonyl (C=O) groups is 2. The summed E-state index contributed by atoms with van der Waals surface area (Å²) in [4.78, 5) is 22.6. The third kappa shape index (κ3) is 4.53. The Morgan fingerprint density at radius 1 is 1.35 bits per heavy atom. The molecule has 2 N–H and O–H groups in total. The van der Waals surface area contributed by atoms with Gasteiger partial charge in [0, 0.05) is 12.1 Å². The first-order valence-corrected chi connectivity index (χ1v) is 6.81. The molecule has 0 heterocycles. The van der Waals surface area contributed by atoms with Crippen LogP contribution in [0, 0.1) is 12.8 Å². The average Bonchev–Trinajstić information content (AvgIpc) is 3.21. The summed E-state index contributed by atoms with van der Waals surface area (Å²) in [6.07, 6.45) is 5.19. The Hall–Kier alpha value is -2.10. The summed E-state index contributed by atoms with van der Waals surface area (Å²) in [5.74, 6) is -0.781. The van der Waals surface area contributed by atoms with Gasteiger partial charge in [0.05, 0.1) is 6.42 Å². The van der Waals surface area contributed by atoms with Crippen LogP contribution in [0.5, 0.6) is 0 Å². The fourth-order valence-corrected chi connectivity index (χ4v) is 2.10. The lowest BCUT2D eigenvalue weighted by Gasteiger charge is -2.14. The first kappa shape index (κ1) is 14.3. The molecule has 2 rings (SSSR count). The molecule has 1 aliphatic rings. The van der Waals surface area contributed by atoms with Gasteiger partial charge in [-0.1, -0.05) is 29.8 Å². The minimum atomic E-state index is -0.871. The van der Waals surface area contributed by atoms with E-state index in [0.717, 1.165) is 18.4 Å². The van der Waals surface area contributed by atoms with Crippen LogP contribution in [-0.4, -0.2) is 23.0 Å². The van der Waals surface area contributed by atoms with Crippen molar-refractivity contribution in [1.82, 2.24) is 5.32 Å². The number of amides is 1. The number of benzene rings is 1. The van der Waals surface area contributed by atoms with E-state index in [2.05, 4.69) is 5.32 Å². The Kier molecular flexibility index (Phi) is 4.56. The fraction of sp³-hybridized carbons (Fsp3) is 0.375. The summed E-state index contributed by atoms with van der Waals surface area (Å²) in [5, 5.41) is 11.6. The van der Waals surface area contributed by atoms with Gasteiger partial charge in [0.2, 0.25) is 5.91 Å². The minimum absolute atomic E-state index is 0.00518. The van der Waals surface area contributed by atoms with Crippen molar-refractivity contribution in [2.45, 2.75) is 32.2 Å². The maximum absolute atomic E-state index is 11.8. The largest absolute Gasteiger partial charge is 0.481 e. The van der Waals surface area contributed by atoms with Crippen LogP contribution in [0.2, 0.25) is 0 Å². The Labute approximate surface area is 118 Å². The van der Waals surface area contributed by atoms with Crippen LogP contribution in [0.15, 0.2) is 30.3 Å². The monoisotopic (exact) mass is 273 g/mol. The Morgan fingerprint density at radius 3 is 2.55 bits per heavy atom. The van der Waals surface area contributed by atoms with Crippen molar-refractivity contribution in [3.8, 4) is 0 Å². The van der Waals surface area contributed by atoms with Crippen LogP contribution in [0.1, 0.15) is 30.4 Å². The van der Waals surface area contributed by atoms with Gasteiger partial charge in [0.1, 0.15) is 0 Å². The summed E-state index contributed by atoms with van der Waals surface area (Å²) < 4.78 is 0. The highest BCUT2D eigenvalue weighted by molar-refractivity contribution is 5.92. The zero-order valence-corrected chi connectivity index (χ0v) is 11.5. The van der Waals surface area contributed by atoms with E-state index in [9.17, 15) is 9.59 Å². The van der Waals surface area contributed by atoms with Gasteiger partial charge in [-0.05, 0) is 37.3 Å². The lowest BCUT2D eigenvalue weighted by molar-refractivity contribution is -0.137. The molecule has 0 spiro atoms. The molecule has 1 aliphatic carbocycles. The lowest BCUT2D eigenvalue weighted by atomic mass is 10.1. The predicted octanol–water partition coefficient (Wildman–Crippen LogP) is 2.38. The van der Waals surface area contributed by atoms with Gasteiger partial charge < -0.3 is 10.4 Å². The molecule has 1 saturated carbocycles. The van der Waals surface area contributed by atoms with E-state index in [0.29, 0.717) is 5.92 Å². The number of rotatable bonds is 6. The average molecular weight is 273 g/mol. The summed E-state index contributed by atoms with van der Waals surface area (Å²) >= 11 is 0. The first-order chi connectivity index (χ1) is 9.54. The molecular weight excluding hydrogens is 254 g/mol. The minimum Gasteiger partial charge on any atom is -0.481 e. The number of aliphatic carboxylic acids is 1. The van der Waals surface area contributed by atoms with Gasteiger partial charge in [-0.2, -0.15) is 0 Å². The standard InChI is InChI=1S/C16H19NO3/c1-11-2-4-12(5-3-11)6-9-15(18)17-14(10-16(19)20)13-7-8-13/h2-6,9,13-14H,7-8,10H2,1H3,(H,17,18)(H,19,20)/b9-6+. The maximum atomic E-state index is 11.8. The SMILES string of the molecule is Cc1ccc(/C=C/C(=O)NC(CC(=O)O)C2CC2)cc1. The van der Waals surface area contributed by atoms with Crippen molar-refractivity contribution < 1.29 is 14.7 Å². The number of carboxylic acid groups (broad SMARTS) is 1. The molecule has 1 fully saturated rings. The molecule has 106 valence electrons. The summed E-state index contributed by atoms with van der Waals surface area (Å²) in [5.41, 5.74) is 2.12. The molecule has 0 bridgehead atoms. The van der Waals surface area contributed by atoms with E-state index in [1.807, 2.05) is 31.2 Å². The first-order valence-electron chi connectivity index (χ1n) is 6.81. The van der Waals surface area contributed by atoms with Gasteiger partial charge in [0.25, 0.3) is 0 Å². The highest BCUT2D eigenvalue weighted by atomic mass is 16.4. The second kappa shape index (κ2) is 6.37. The lowest BCUT2D eigenvalue weighted by Crippen LogP contribution is -2.37. The summed E-state index contributed by atoms with van der Waals surface area (Å²) in [6.45, 7) is 2.01. The Morgan fingerprint density at radius 2 is 2.00 bits per heavy atom. The molecule has 20 heavy (non-hydrogen) atoms.